The molecular formula is C10H7BrF3NO4. The Balaban J connectivity index is 3.30. The average Bonchev–Trinajstić information content (AvgIpc) is 2.26. The van der Waals surface area contributed by atoms with Crippen molar-refractivity contribution in [1.82, 2.24) is 0 Å². The third-order valence-corrected chi connectivity index (χ3v) is 2.44. The molecule has 0 saturated carbocycles. The quantitative estimate of drug-likeness (QED) is 0.364. The van der Waals surface area contributed by atoms with E-state index < -0.39 is 38.9 Å². The molecule has 5 nitrogen and oxygen atoms in total. The van der Waals surface area contributed by atoms with E-state index in [1.54, 1.807) is 0 Å². The molecule has 0 bridgehead atoms. The van der Waals surface area contributed by atoms with Gasteiger partial charge in [-0.1, -0.05) is 15.9 Å². The third-order valence-electron chi connectivity index (χ3n) is 2.03. The first-order valence-corrected chi connectivity index (χ1v) is 5.76. The molecule has 1 atom stereocenters. The van der Waals surface area contributed by atoms with E-state index in [4.69, 9.17) is 0 Å². The van der Waals surface area contributed by atoms with Crippen molar-refractivity contribution in [3.8, 4) is 5.75 Å². The van der Waals surface area contributed by atoms with E-state index in [0.29, 0.717) is 0 Å². The molecule has 9 heteroatoms. The van der Waals surface area contributed by atoms with Gasteiger partial charge in [-0.05, 0) is 13.0 Å². The highest BCUT2D eigenvalue weighted by Crippen LogP contribution is 2.31. The van der Waals surface area contributed by atoms with Crippen molar-refractivity contribution >= 4 is 27.4 Å². The number of Topliss-reactive ketones (excluding diaryl/α,β-unsaturated/α-hetero) is 1. The Morgan fingerprint density at radius 1 is 1.47 bits per heavy atom. The summed E-state index contributed by atoms with van der Waals surface area (Å²) in [5, 5.41) is 10.6. The number of nitrogens with zero attached hydrogens (tertiary/aromatic N) is 1. The van der Waals surface area contributed by atoms with E-state index in [-0.39, 0.29) is 0 Å². The molecule has 1 rings (SSSR count). The summed E-state index contributed by atoms with van der Waals surface area (Å²) in [6, 6.07) is 2.33. The maximum Gasteiger partial charge on any atom is 0.573 e. The highest BCUT2D eigenvalue weighted by molar-refractivity contribution is 9.10. The minimum Gasteiger partial charge on any atom is -0.405 e. The summed E-state index contributed by atoms with van der Waals surface area (Å²) in [6.45, 7) is 1.39. The van der Waals surface area contributed by atoms with Crippen molar-refractivity contribution in [3.63, 3.8) is 0 Å². The summed E-state index contributed by atoms with van der Waals surface area (Å²) in [6.07, 6.45) is -4.99. The molecule has 0 aliphatic carbocycles. The van der Waals surface area contributed by atoms with Gasteiger partial charge in [-0.3, -0.25) is 14.9 Å². The minimum atomic E-state index is -4.99. The lowest BCUT2D eigenvalue weighted by atomic mass is 10.1. The van der Waals surface area contributed by atoms with Crippen LogP contribution in [-0.2, 0) is 0 Å². The Morgan fingerprint density at radius 2 is 2.05 bits per heavy atom. The summed E-state index contributed by atoms with van der Waals surface area (Å²) >= 11 is 2.90. The zero-order chi connectivity index (χ0) is 14.8. The molecule has 0 aliphatic heterocycles. The van der Waals surface area contributed by atoms with Gasteiger partial charge >= 0.3 is 6.36 Å². The fraction of sp³-hybridized carbons (Fsp3) is 0.300. The van der Waals surface area contributed by atoms with Crippen LogP contribution in [0.1, 0.15) is 17.3 Å². The monoisotopic (exact) mass is 341 g/mol. The SMILES string of the molecule is CC(Br)C(=O)c1cc([N+](=O)[O-])ccc1OC(F)(F)F. The Kier molecular flexibility index (Phi) is 4.51. The van der Waals surface area contributed by atoms with Crippen LogP contribution in [0.2, 0.25) is 0 Å². The Bertz CT molecular complexity index is 516. The minimum absolute atomic E-state index is 0.494. The number of hydrogen-bond donors (Lipinski definition) is 0. The van der Waals surface area contributed by atoms with Crippen molar-refractivity contribution in [1.29, 1.82) is 0 Å². The van der Waals surface area contributed by atoms with E-state index in [2.05, 4.69) is 20.7 Å². The van der Waals surface area contributed by atoms with Crippen LogP contribution in [0.3, 0.4) is 0 Å². The maximum absolute atomic E-state index is 12.2. The third kappa shape index (κ3) is 4.19. The van der Waals surface area contributed by atoms with Gasteiger partial charge in [-0.25, -0.2) is 0 Å². The van der Waals surface area contributed by atoms with Gasteiger partial charge in [0.25, 0.3) is 5.69 Å². The van der Waals surface area contributed by atoms with Crippen LogP contribution in [-0.4, -0.2) is 21.9 Å². The Labute approximate surface area is 113 Å². The van der Waals surface area contributed by atoms with Crippen molar-refractivity contribution in [2.45, 2.75) is 18.1 Å². The summed E-state index contributed by atoms with van der Waals surface area (Å²) in [5.74, 6) is -1.52. The number of benzene rings is 1. The van der Waals surface area contributed by atoms with E-state index in [0.717, 1.165) is 18.2 Å². The largest absolute Gasteiger partial charge is 0.573 e. The number of carbonyl (C=O) groups is 1. The van der Waals surface area contributed by atoms with Crippen molar-refractivity contribution in [2.75, 3.05) is 0 Å². The molecular weight excluding hydrogens is 335 g/mol. The van der Waals surface area contributed by atoms with Crippen LogP contribution in [0, 0.1) is 10.1 Å². The number of nitro groups is 1. The van der Waals surface area contributed by atoms with Gasteiger partial charge in [0.15, 0.2) is 5.78 Å². The molecule has 1 unspecified atom stereocenters. The maximum atomic E-state index is 12.2. The van der Waals surface area contributed by atoms with E-state index >= 15 is 0 Å². The van der Waals surface area contributed by atoms with Crippen molar-refractivity contribution in [2.24, 2.45) is 0 Å². The Morgan fingerprint density at radius 3 is 2.47 bits per heavy atom. The van der Waals surface area contributed by atoms with Crippen molar-refractivity contribution < 1.29 is 27.6 Å². The second-order valence-electron chi connectivity index (χ2n) is 3.47. The normalized spacial score (nSPS) is 12.9. The highest BCUT2D eigenvalue weighted by Gasteiger charge is 2.34. The number of carbonyl (C=O) groups excluding carboxylic acids is 1. The first kappa shape index (κ1) is 15.4. The predicted octanol–water partition coefficient (Wildman–Crippen LogP) is 3.46. The summed E-state index contributed by atoms with van der Waals surface area (Å²) in [7, 11) is 0. The molecule has 0 heterocycles. The molecule has 0 saturated heterocycles. The molecule has 104 valence electrons. The second-order valence-corrected chi connectivity index (χ2v) is 4.84. The van der Waals surface area contributed by atoms with Crippen LogP contribution in [0.25, 0.3) is 0 Å². The highest BCUT2D eigenvalue weighted by atomic mass is 79.9. The second kappa shape index (κ2) is 5.55. The molecule has 1 aromatic rings. The number of non-ortho nitro benzene ring substituents is 1. The number of hydrogen-bond acceptors (Lipinski definition) is 4. The molecule has 0 aromatic heterocycles. The average molecular weight is 342 g/mol. The van der Waals surface area contributed by atoms with Crippen LogP contribution in [0.5, 0.6) is 5.75 Å². The van der Waals surface area contributed by atoms with Crippen LogP contribution in [0.4, 0.5) is 18.9 Å². The summed E-state index contributed by atoms with van der Waals surface area (Å²) < 4.78 is 40.2. The fourth-order valence-corrected chi connectivity index (χ4v) is 1.50. The first-order chi connectivity index (χ1) is 8.61. The molecule has 0 aliphatic rings. The summed E-state index contributed by atoms with van der Waals surface area (Å²) in [5.41, 5.74) is -0.998. The van der Waals surface area contributed by atoms with Crippen LogP contribution < -0.4 is 4.74 Å². The fourth-order valence-electron chi connectivity index (χ4n) is 1.25. The lowest BCUT2D eigenvalue weighted by Crippen LogP contribution is -2.20. The summed E-state index contributed by atoms with van der Waals surface area (Å²) in [4.78, 5) is 20.7. The molecule has 0 spiro atoms. The van der Waals surface area contributed by atoms with E-state index in [1.807, 2.05) is 0 Å². The van der Waals surface area contributed by atoms with Gasteiger partial charge < -0.3 is 4.74 Å². The lowest BCUT2D eigenvalue weighted by molar-refractivity contribution is -0.385. The van der Waals surface area contributed by atoms with Gasteiger partial charge in [0.1, 0.15) is 5.75 Å². The number of rotatable bonds is 4. The van der Waals surface area contributed by atoms with Gasteiger partial charge in [-0.2, -0.15) is 0 Å². The first-order valence-electron chi connectivity index (χ1n) is 4.84. The van der Waals surface area contributed by atoms with Gasteiger partial charge in [-0.15, -0.1) is 13.2 Å². The zero-order valence-electron chi connectivity index (χ0n) is 9.40. The van der Waals surface area contributed by atoms with Crippen LogP contribution >= 0.6 is 15.9 Å². The molecule has 0 N–H and O–H groups in total. The standard InChI is InChI=1S/C10H7BrF3NO4/c1-5(11)9(16)7-4-6(15(17)18)2-3-8(7)19-10(12,13)14/h2-5H,1H3. The van der Waals surface area contributed by atoms with Gasteiger partial charge in [0, 0.05) is 12.1 Å². The number of ether oxygens (including phenoxy) is 1. The number of nitro benzene ring substituents is 1. The smallest absolute Gasteiger partial charge is 0.405 e. The lowest BCUT2D eigenvalue weighted by Gasteiger charge is -2.13. The van der Waals surface area contributed by atoms with Crippen LogP contribution in [0.15, 0.2) is 18.2 Å². The molecule has 1 aromatic carbocycles. The molecule has 0 amide bonds. The molecule has 0 radical (unpaired) electrons. The van der Waals surface area contributed by atoms with E-state index in [9.17, 15) is 28.1 Å². The van der Waals surface area contributed by atoms with Crippen molar-refractivity contribution in [3.05, 3.63) is 33.9 Å². The topological polar surface area (TPSA) is 69.4 Å². The molecule has 19 heavy (non-hydrogen) atoms. The zero-order valence-corrected chi connectivity index (χ0v) is 11.0. The number of ketones is 1. The number of halogens is 4. The van der Waals surface area contributed by atoms with Gasteiger partial charge in [0.05, 0.1) is 15.3 Å². The number of alkyl halides is 4. The van der Waals surface area contributed by atoms with E-state index in [1.165, 1.54) is 6.92 Å². The molecule has 0 fully saturated rings. The van der Waals surface area contributed by atoms with Gasteiger partial charge in [0.2, 0.25) is 0 Å². The Hall–Kier alpha value is -1.64. The predicted molar refractivity (Wildman–Crippen MR) is 62.5 cm³/mol.